The first-order valence-corrected chi connectivity index (χ1v) is 6.84. The molecule has 1 nitrogen and oxygen atoms in total. The number of benzene rings is 2. The highest BCUT2D eigenvalue weighted by Crippen LogP contribution is 2.38. The van der Waals surface area contributed by atoms with E-state index in [1.54, 1.807) is 24.3 Å². The smallest absolute Gasteiger partial charge is 0.0669 e. The third kappa shape index (κ3) is 3.16. The fourth-order valence-corrected chi connectivity index (χ4v) is 2.58. The van der Waals surface area contributed by atoms with Crippen molar-refractivity contribution in [3.05, 3.63) is 56.0 Å². The summed E-state index contributed by atoms with van der Waals surface area (Å²) in [5.74, 6) is 0. The molecular weight excluding hydrogens is 324 g/mol. The van der Waals surface area contributed by atoms with E-state index in [0.717, 1.165) is 11.1 Å². The molecule has 2 aromatic rings. The molecule has 2 rings (SSSR count). The van der Waals surface area contributed by atoms with Gasteiger partial charge in [0.1, 0.15) is 0 Å². The molecule has 0 spiro atoms. The van der Waals surface area contributed by atoms with Gasteiger partial charge < -0.3 is 0 Å². The second-order valence-corrected chi connectivity index (χ2v) is 5.52. The predicted molar refractivity (Wildman–Crippen MR) is 81.2 cm³/mol. The summed E-state index contributed by atoms with van der Waals surface area (Å²) in [5.41, 5.74) is 2.29. The molecule has 0 aromatic heterocycles. The van der Waals surface area contributed by atoms with E-state index in [-0.39, 0.29) is 0 Å². The number of halogens is 4. The molecule has 96 valence electrons. The molecule has 0 atom stereocenters. The van der Waals surface area contributed by atoms with Gasteiger partial charge in [-0.2, -0.15) is 5.26 Å². The van der Waals surface area contributed by atoms with Crippen LogP contribution in [-0.2, 0) is 6.42 Å². The lowest BCUT2D eigenvalue weighted by molar-refractivity contribution is 1.26. The highest BCUT2D eigenvalue weighted by Gasteiger charge is 2.12. The molecule has 0 aliphatic rings. The van der Waals surface area contributed by atoms with Gasteiger partial charge in [0.25, 0.3) is 0 Å². The van der Waals surface area contributed by atoms with Crippen molar-refractivity contribution in [3.63, 3.8) is 0 Å². The fraction of sp³-hybridized carbons (Fsp3) is 0.0714. The van der Waals surface area contributed by atoms with Gasteiger partial charge in [-0.1, -0.05) is 52.5 Å². The Bertz CT molecular complexity index is 674. The zero-order chi connectivity index (χ0) is 14.0. The molecule has 0 unspecified atom stereocenters. The summed E-state index contributed by atoms with van der Waals surface area (Å²) in [4.78, 5) is 0. The summed E-state index contributed by atoms with van der Waals surface area (Å²) in [6, 6.07) is 10.7. The summed E-state index contributed by atoms with van der Waals surface area (Å²) < 4.78 is 0. The Balaban J connectivity index is 2.61. The lowest BCUT2D eigenvalue weighted by atomic mass is 10.0. The van der Waals surface area contributed by atoms with E-state index in [0.29, 0.717) is 32.1 Å². The Morgan fingerprint density at radius 2 is 1.42 bits per heavy atom. The van der Waals surface area contributed by atoms with E-state index in [4.69, 9.17) is 51.7 Å². The Morgan fingerprint density at radius 3 is 2.11 bits per heavy atom. The van der Waals surface area contributed by atoms with Crippen molar-refractivity contribution in [2.24, 2.45) is 0 Å². The van der Waals surface area contributed by atoms with Crippen molar-refractivity contribution < 1.29 is 0 Å². The summed E-state index contributed by atoms with van der Waals surface area (Å²) in [5, 5.41) is 10.5. The van der Waals surface area contributed by atoms with Gasteiger partial charge in [-0.05, 0) is 29.8 Å². The van der Waals surface area contributed by atoms with Gasteiger partial charge in [0.15, 0.2) is 0 Å². The number of nitriles is 1. The fourth-order valence-electron chi connectivity index (χ4n) is 1.71. The topological polar surface area (TPSA) is 23.8 Å². The van der Waals surface area contributed by atoms with Crippen molar-refractivity contribution in [1.29, 1.82) is 5.26 Å². The first kappa shape index (κ1) is 14.5. The molecule has 0 fully saturated rings. The summed E-state index contributed by atoms with van der Waals surface area (Å²) in [6.07, 6.45) is 0.309. The minimum atomic E-state index is 0.309. The van der Waals surface area contributed by atoms with Crippen LogP contribution in [0.3, 0.4) is 0 Å². The number of nitrogens with zero attached hydrogens (tertiary/aromatic N) is 1. The first-order chi connectivity index (χ1) is 9.02. The van der Waals surface area contributed by atoms with E-state index < -0.39 is 0 Å². The zero-order valence-corrected chi connectivity index (χ0v) is 12.6. The van der Waals surface area contributed by atoms with E-state index in [1.807, 2.05) is 6.07 Å². The predicted octanol–water partition coefficient (Wildman–Crippen LogP) is 6.03. The molecule has 0 bridgehead atoms. The van der Waals surface area contributed by atoms with E-state index >= 15 is 0 Å². The second kappa shape index (κ2) is 6.03. The largest absolute Gasteiger partial charge is 0.198 e. The van der Waals surface area contributed by atoms with Gasteiger partial charge in [-0.15, -0.1) is 0 Å². The third-order valence-electron chi connectivity index (χ3n) is 2.61. The van der Waals surface area contributed by atoms with E-state index in [2.05, 4.69) is 6.07 Å². The normalized spacial score (nSPS) is 10.3. The van der Waals surface area contributed by atoms with E-state index in [9.17, 15) is 0 Å². The van der Waals surface area contributed by atoms with Gasteiger partial charge in [0.05, 0.1) is 27.6 Å². The maximum Gasteiger partial charge on any atom is 0.0669 e. The summed E-state index contributed by atoms with van der Waals surface area (Å²) >= 11 is 24.3. The molecule has 0 radical (unpaired) electrons. The van der Waals surface area contributed by atoms with Crippen LogP contribution in [0.4, 0.5) is 0 Å². The molecule has 0 saturated carbocycles. The number of rotatable bonds is 2. The molecular formula is C14H7Cl4N. The standard InChI is InChI=1S/C14H7Cl4N/c15-11-2-1-8(3-4-19)5-9(11)10-6-13(17)14(18)7-12(10)16/h1-2,5-7H,3H2. The number of hydrogen-bond acceptors (Lipinski definition) is 1. The molecule has 19 heavy (non-hydrogen) atoms. The summed E-state index contributed by atoms with van der Waals surface area (Å²) in [6.45, 7) is 0. The SMILES string of the molecule is N#CCc1ccc(Cl)c(-c2cc(Cl)c(Cl)cc2Cl)c1. The average Bonchev–Trinajstić information content (AvgIpc) is 2.37. The molecule has 5 heteroatoms. The van der Waals surface area contributed by atoms with Crippen molar-refractivity contribution in [1.82, 2.24) is 0 Å². The Morgan fingerprint density at radius 1 is 0.789 bits per heavy atom. The molecule has 0 aliphatic carbocycles. The van der Waals surface area contributed by atoms with Crippen molar-refractivity contribution >= 4 is 46.4 Å². The molecule has 0 aliphatic heterocycles. The van der Waals surface area contributed by atoms with E-state index in [1.165, 1.54) is 0 Å². The number of hydrogen-bond donors (Lipinski definition) is 0. The minimum Gasteiger partial charge on any atom is -0.198 e. The molecule has 0 heterocycles. The van der Waals surface area contributed by atoms with Crippen LogP contribution in [0.1, 0.15) is 5.56 Å². The highest BCUT2D eigenvalue weighted by molar-refractivity contribution is 6.44. The van der Waals surface area contributed by atoms with Gasteiger partial charge in [0, 0.05) is 16.1 Å². The van der Waals surface area contributed by atoms with Gasteiger partial charge in [-0.3, -0.25) is 0 Å². The molecule has 0 saturated heterocycles. The van der Waals surface area contributed by atoms with Crippen LogP contribution in [0, 0.1) is 11.3 Å². The molecule has 2 aromatic carbocycles. The van der Waals surface area contributed by atoms with Crippen LogP contribution < -0.4 is 0 Å². The van der Waals surface area contributed by atoms with Crippen LogP contribution in [-0.4, -0.2) is 0 Å². The Hall–Kier alpha value is -0.910. The van der Waals surface area contributed by atoms with Crippen LogP contribution in [0.2, 0.25) is 20.1 Å². The zero-order valence-electron chi connectivity index (χ0n) is 9.55. The third-order valence-corrected chi connectivity index (χ3v) is 3.98. The summed E-state index contributed by atoms with van der Waals surface area (Å²) in [7, 11) is 0. The Labute approximate surface area is 131 Å². The maximum atomic E-state index is 8.74. The van der Waals surface area contributed by atoms with Crippen molar-refractivity contribution in [2.45, 2.75) is 6.42 Å². The first-order valence-electron chi connectivity index (χ1n) is 5.33. The monoisotopic (exact) mass is 329 g/mol. The van der Waals surface area contributed by atoms with Gasteiger partial charge in [0.2, 0.25) is 0 Å². The highest BCUT2D eigenvalue weighted by atomic mass is 35.5. The van der Waals surface area contributed by atoms with Gasteiger partial charge >= 0.3 is 0 Å². The van der Waals surface area contributed by atoms with Crippen molar-refractivity contribution in [3.8, 4) is 17.2 Å². The van der Waals surface area contributed by atoms with Crippen LogP contribution in [0.15, 0.2) is 30.3 Å². The maximum absolute atomic E-state index is 8.74. The second-order valence-electron chi connectivity index (χ2n) is 3.90. The Kier molecular flexibility index (Phi) is 4.60. The van der Waals surface area contributed by atoms with Crippen LogP contribution >= 0.6 is 46.4 Å². The average molecular weight is 331 g/mol. The van der Waals surface area contributed by atoms with Crippen molar-refractivity contribution in [2.75, 3.05) is 0 Å². The lowest BCUT2D eigenvalue weighted by Gasteiger charge is -2.10. The van der Waals surface area contributed by atoms with Crippen LogP contribution in [0.5, 0.6) is 0 Å². The molecule has 0 amide bonds. The lowest BCUT2D eigenvalue weighted by Crippen LogP contribution is -1.87. The quantitative estimate of drug-likeness (QED) is 0.616. The minimum absolute atomic E-state index is 0.309. The van der Waals surface area contributed by atoms with Gasteiger partial charge in [-0.25, -0.2) is 0 Å². The molecule has 0 N–H and O–H groups in total. The van der Waals surface area contributed by atoms with Crippen LogP contribution in [0.25, 0.3) is 11.1 Å².